The van der Waals surface area contributed by atoms with Gasteiger partial charge in [-0.3, -0.25) is 9.78 Å². The second kappa shape index (κ2) is 8.15. The quantitative estimate of drug-likeness (QED) is 0.765. The molecule has 1 saturated carbocycles. The maximum atomic E-state index is 12.5. The minimum absolute atomic E-state index is 0.172. The third-order valence-electron chi connectivity index (χ3n) is 4.70. The van der Waals surface area contributed by atoms with Crippen LogP contribution in [0, 0.1) is 13.8 Å². The molecule has 25 heavy (non-hydrogen) atoms. The Labute approximate surface area is 150 Å². The molecular weight excluding hydrogens is 310 g/mol. The van der Waals surface area contributed by atoms with Crippen LogP contribution in [-0.4, -0.2) is 16.9 Å². The molecule has 132 valence electrons. The predicted molar refractivity (Wildman–Crippen MR) is 103 cm³/mol. The molecule has 4 nitrogen and oxygen atoms in total. The number of hydrogen-bond acceptors (Lipinski definition) is 3. The van der Waals surface area contributed by atoms with E-state index < -0.39 is 0 Å². The number of aromatic nitrogens is 1. The van der Waals surface area contributed by atoms with Gasteiger partial charge < -0.3 is 10.6 Å². The number of amides is 1. The summed E-state index contributed by atoms with van der Waals surface area (Å²) in [5.74, 6) is -0.172. The summed E-state index contributed by atoms with van der Waals surface area (Å²) in [6.45, 7) is 4.05. The Morgan fingerprint density at radius 3 is 2.32 bits per heavy atom. The number of nitrogens with zero attached hydrogens (tertiary/aromatic N) is 1. The number of benzene rings is 1. The molecule has 0 saturated heterocycles. The number of pyridine rings is 1. The molecule has 0 spiro atoms. The molecule has 2 N–H and O–H groups in total. The van der Waals surface area contributed by atoms with Crippen LogP contribution in [0.15, 0.2) is 36.5 Å². The van der Waals surface area contributed by atoms with Crippen molar-refractivity contribution in [3.05, 3.63) is 53.3 Å². The molecule has 2 aromatic rings. The van der Waals surface area contributed by atoms with E-state index in [0.717, 1.165) is 22.5 Å². The van der Waals surface area contributed by atoms with Crippen LogP contribution in [0.25, 0.3) is 0 Å². The fourth-order valence-corrected chi connectivity index (χ4v) is 3.55. The van der Waals surface area contributed by atoms with Crippen molar-refractivity contribution in [2.45, 2.75) is 58.4 Å². The normalized spacial score (nSPS) is 15.4. The molecular formula is C21H27N3O. The van der Waals surface area contributed by atoms with Gasteiger partial charge in [-0.1, -0.05) is 31.7 Å². The van der Waals surface area contributed by atoms with E-state index in [1.165, 1.54) is 38.5 Å². The largest absolute Gasteiger partial charge is 0.382 e. The summed E-state index contributed by atoms with van der Waals surface area (Å²) >= 11 is 0. The van der Waals surface area contributed by atoms with Crippen molar-refractivity contribution in [3.8, 4) is 0 Å². The maximum absolute atomic E-state index is 12.5. The minimum atomic E-state index is -0.172. The fourth-order valence-electron chi connectivity index (χ4n) is 3.55. The van der Waals surface area contributed by atoms with Gasteiger partial charge in [0.2, 0.25) is 0 Å². The first kappa shape index (κ1) is 17.5. The van der Waals surface area contributed by atoms with Gasteiger partial charge in [-0.05, 0) is 62.1 Å². The van der Waals surface area contributed by atoms with E-state index >= 15 is 0 Å². The monoisotopic (exact) mass is 337 g/mol. The Kier molecular flexibility index (Phi) is 5.69. The molecule has 0 unspecified atom stereocenters. The van der Waals surface area contributed by atoms with E-state index in [1.54, 1.807) is 6.20 Å². The lowest BCUT2D eigenvalue weighted by molar-refractivity contribution is 0.102. The first-order valence-electron chi connectivity index (χ1n) is 9.22. The molecule has 1 amide bonds. The molecule has 3 rings (SSSR count). The Morgan fingerprint density at radius 2 is 1.64 bits per heavy atom. The van der Waals surface area contributed by atoms with Crippen LogP contribution in [-0.2, 0) is 0 Å². The highest BCUT2D eigenvalue weighted by Crippen LogP contribution is 2.21. The highest BCUT2D eigenvalue weighted by Gasteiger charge is 2.14. The van der Waals surface area contributed by atoms with E-state index in [0.29, 0.717) is 11.7 Å². The lowest BCUT2D eigenvalue weighted by atomic mass is 10.1. The Bertz CT molecular complexity index is 713. The molecule has 1 aliphatic rings. The second-order valence-electron chi connectivity index (χ2n) is 7.09. The van der Waals surface area contributed by atoms with Gasteiger partial charge in [0, 0.05) is 23.6 Å². The van der Waals surface area contributed by atoms with Crippen LogP contribution >= 0.6 is 0 Å². The molecule has 1 aromatic carbocycles. The number of hydrogen-bond donors (Lipinski definition) is 2. The van der Waals surface area contributed by atoms with E-state index in [-0.39, 0.29) is 5.91 Å². The molecule has 1 aliphatic carbocycles. The number of rotatable bonds is 4. The third kappa shape index (κ3) is 5.05. The zero-order valence-electron chi connectivity index (χ0n) is 15.1. The molecule has 0 bridgehead atoms. The minimum Gasteiger partial charge on any atom is -0.382 e. The van der Waals surface area contributed by atoms with Crippen molar-refractivity contribution in [2.75, 3.05) is 10.6 Å². The Balaban J connectivity index is 1.68. The topological polar surface area (TPSA) is 54.0 Å². The van der Waals surface area contributed by atoms with Crippen LogP contribution in [0.4, 0.5) is 11.4 Å². The van der Waals surface area contributed by atoms with Crippen LogP contribution in [0.5, 0.6) is 0 Å². The van der Waals surface area contributed by atoms with E-state index in [9.17, 15) is 4.79 Å². The fraction of sp³-hybridized carbons (Fsp3) is 0.429. The number of nitrogens with one attached hydrogen (secondary N) is 2. The summed E-state index contributed by atoms with van der Waals surface area (Å²) in [5, 5.41) is 6.53. The van der Waals surface area contributed by atoms with Gasteiger partial charge in [0.15, 0.2) is 0 Å². The SMILES string of the molecule is Cc1cc(C)cc(NC(=O)c2cc(NC3CCCCCC3)ccn2)c1. The van der Waals surface area contributed by atoms with Crippen molar-refractivity contribution in [2.24, 2.45) is 0 Å². The standard InChI is InChI=1S/C21H27N3O/c1-15-11-16(2)13-19(12-15)24-21(25)20-14-18(9-10-22-20)23-17-7-5-3-4-6-8-17/h9-14,17H,3-8H2,1-2H3,(H,22,23)(H,24,25). The highest BCUT2D eigenvalue weighted by atomic mass is 16.1. The van der Waals surface area contributed by atoms with Gasteiger partial charge in [0.05, 0.1) is 0 Å². The zero-order valence-corrected chi connectivity index (χ0v) is 15.1. The first-order valence-corrected chi connectivity index (χ1v) is 9.22. The molecule has 1 aromatic heterocycles. The second-order valence-corrected chi connectivity index (χ2v) is 7.09. The smallest absolute Gasteiger partial charge is 0.274 e. The number of carbonyl (C=O) groups excluding carboxylic acids is 1. The first-order chi connectivity index (χ1) is 12.1. The van der Waals surface area contributed by atoms with Crippen LogP contribution in [0.1, 0.15) is 60.1 Å². The van der Waals surface area contributed by atoms with Crippen molar-refractivity contribution < 1.29 is 4.79 Å². The zero-order chi connectivity index (χ0) is 17.6. The lowest BCUT2D eigenvalue weighted by Crippen LogP contribution is -2.19. The third-order valence-corrected chi connectivity index (χ3v) is 4.70. The van der Waals surface area contributed by atoms with E-state index in [2.05, 4.69) is 21.7 Å². The van der Waals surface area contributed by atoms with Crippen LogP contribution < -0.4 is 10.6 Å². The van der Waals surface area contributed by atoms with Crippen molar-refractivity contribution in [3.63, 3.8) is 0 Å². The molecule has 0 atom stereocenters. The average molecular weight is 337 g/mol. The highest BCUT2D eigenvalue weighted by molar-refractivity contribution is 6.03. The summed E-state index contributed by atoms with van der Waals surface area (Å²) in [6.07, 6.45) is 9.33. The summed E-state index contributed by atoms with van der Waals surface area (Å²) in [7, 11) is 0. The van der Waals surface area contributed by atoms with Crippen molar-refractivity contribution >= 4 is 17.3 Å². The van der Waals surface area contributed by atoms with Gasteiger partial charge in [-0.15, -0.1) is 0 Å². The summed E-state index contributed by atoms with van der Waals surface area (Å²) in [6, 6.07) is 10.3. The molecule has 0 aliphatic heterocycles. The molecule has 0 radical (unpaired) electrons. The Morgan fingerprint density at radius 1 is 0.960 bits per heavy atom. The number of anilines is 2. The molecule has 1 fully saturated rings. The number of aryl methyl sites for hydroxylation is 2. The van der Waals surface area contributed by atoms with Gasteiger partial charge in [-0.25, -0.2) is 0 Å². The van der Waals surface area contributed by atoms with Gasteiger partial charge in [0.1, 0.15) is 5.69 Å². The van der Waals surface area contributed by atoms with Gasteiger partial charge in [-0.2, -0.15) is 0 Å². The molecule has 1 heterocycles. The van der Waals surface area contributed by atoms with Crippen molar-refractivity contribution in [1.82, 2.24) is 4.98 Å². The van der Waals surface area contributed by atoms with E-state index in [4.69, 9.17) is 0 Å². The number of carbonyl (C=O) groups is 1. The summed E-state index contributed by atoms with van der Waals surface area (Å²) in [5.41, 5.74) is 4.50. The van der Waals surface area contributed by atoms with Crippen LogP contribution in [0.3, 0.4) is 0 Å². The van der Waals surface area contributed by atoms with E-state index in [1.807, 2.05) is 38.1 Å². The van der Waals surface area contributed by atoms with Crippen molar-refractivity contribution in [1.29, 1.82) is 0 Å². The van der Waals surface area contributed by atoms with Crippen LogP contribution in [0.2, 0.25) is 0 Å². The van der Waals surface area contributed by atoms with Gasteiger partial charge >= 0.3 is 0 Å². The van der Waals surface area contributed by atoms with Gasteiger partial charge in [0.25, 0.3) is 5.91 Å². The molecule has 4 heteroatoms. The summed E-state index contributed by atoms with van der Waals surface area (Å²) < 4.78 is 0. The predicted octanol–water partition coefficient (Wildman–Crippen LogP) is 5.09. The lowest BCUT2D eigenvalue weighted by Gasteiger charge is -2.18. The Hall–Kier alpha value is -2.36. The average Bonchev–Trinajstić information content (AvgIpc) is 2.83. The summed E-state index contributed by atoms with van der Waals surface area (Å²) in [4.78, 5) is 16.8. The maximum Gasteiger partial charge on any atom is 0.274 e.